The standard InChI is InChI=1S/C13H18O5/c1-12(2)5-16-10(15)8(12)17-11-7-6(9(14)18-11)13(7,3)4/h6-8,11H,5H2,1-4H3/t6-,7+,8+,11+/m0/s1. The van der Waals surface area contributed by atoms with Crippen LogP contribution in [0.5, 0.6) is 0 Å². The Morgan fingerprint density at radius 2 is 1.83 bits per heavy atom. The summed E-state index contributed by atoms with van der Waals surface area (Å²) in [5.41, 5.74) is -0.451. The second-order valence-electron chi connectivity index (χ2n) is 6.74. The molecule has 3 rings (SSSR count). The molecule has 0 spiro atoms. The minimum atomic E-state index is -0.648. The number of esters is 2. The molecule has 0 aromatic rings. The summed E-state index contributed by atoms with van der Waals surface area (Å²) in [6.07, 6.45) is -1.25. The van der Waals surface area contributed by atoms with Gasteiger partial charge >= 0.3 is 11.9 Å². The lowest BCUT2D eigenvalue weighted by Crippen LogP contribution is -2.38. The molecule has 0 aromatic carbocycles. The van der Waals surface area contributed by atoms with E-state index in [1.54, 1.807) is 0 Å². The molecule has 100 valence electrons. The van der Waals surface area contributed by atoms with E-state index in [9.17, 15) is 9.59 Å². The summed E-state index contributed by atoms with van der Waals surface area (Å²) in [4.78, 5) is 23.3. The van der Waals surface area contributed by atoms with Crippen LogP contribution in [-0.4, -0.2) is 30.9 Å². The molecular weight excluding hydrogens is 236 g/mol. The molecular formula is C13H18O5. The SMILES string of the molecule is CC1(C)COC(=O)[C@H]1O[C@@H]1OC(=O)[C@@H]2[C@H]1C2(C)C. The Hall–Kier alpha value is -1.10. The van der Waals surface area contributed by atoms with Crippen molar-refractivity contribution in [1.82, 2.24) is 0 Å². The molecule has 4 atom stereocenters. The number of carbonyl (C=O) groups is 2. The van der Waals surface area contributed by atoms with Crippen LogP contribution in [0.4, 0.5) is 0 Å². The van der Waals surface area contributed by atoms with Crippen molar-refractivity contribution in [3.05, 3.63) is 0 Å². The molecule has 3 fully saturated rings. The minimum absolute atomic E-state index is 0.0641. The fourth-order valence-electron chi connectivity index (χ4n) is 3.11. The number of rotatable bonds is 2. The first-order valence-electron chi connectivity index (χ1n) is 6.28. The molecule has 0 bridgehead atoms. The average molecular weight is 254 g/mol. The van der Waals surface area contributed by atoms with Crippen LogP contribution in [0, 0.1) is 22.7 Å². The van der Waals surface area contributed by atoms with Gasteiger partial charge in [-0.25, -0.2) is 4.79 Å². The first kappa shape index (κ1) is 12.0. The minimum Gasteiger partial charge on any atom is -0.463 e. The third-order valence-electron chi connectivity index (χ3n) is 4.47. The predicted octanol–water partition coefficient (Wildman–Crippen LogP) is 1.11. The van der Waals surface area contributed by atoms with E-state index >= 15 is 0 Å². The Kier molecular flexibility index (Phi) is 2.17. The van der Waals surface area contributed by atoms with E-state index in [-0.39, 0.29) is 34.6 Å². The van der Waals surface area contributed by atoms with Crippen LogP contribution in [0.15, 0.2) is 0 Å². The fraction of sp³-hybridized carbons (Fsp3) is 0.846. The molecule has 2 saturated heterocycles. The monoisotopic (exact) mass is 254 g/mol. The highest BCUT2D eigenvalue weighted by Crippen LogP contribution is 2.65. The Bertz CT molecular complexity index is 425. The first-order valence-corrected chi connectivity index (χ1v) is 6.28. The van der Waals surface area contributed by atoms with Crippen molar-refractivity contribution in [2.45, 2.75) is 40.1 Å². The van der Waals surface area contributed by atoms with E-state index in [1.807, 2.05) is 27.7 Å². The number of ether oxygens (including phenoxy) is 3. The zero-order valence-corrected chi connectivity index (χ0v) is 11.1. The van der Waals surface area contributed by atoms with E-state index in [0.29, 0.717) is 6.61 Å². The Labute approximate surface area is 106 Å². The molecule has 0 amide bonds. The van der Waals surface area contributed by atoms with Gasteiger partial charge in [0.1, 0.15) is 0 Å². The van der Waals surface area contributed by atoms with Crippen LogP contribution < -0.4 is 0 Å². The summed E-state index contributed by atoms with van der Waals surface area (Å²) < 4.78 is 16.0. The van der Waals surface area contributed by atoms with Crippen molar-refractivity contribution in [2.75, 3.05) is 6.61 Å². The van der Waals surface area contributed by atoms with Gasteiger partial charge in [-0.3, -0.25) is 4.79 Å². The first-order chi connectivity index (χ1) is 8.25. The average Bonchev–Trinajstić information content (AvgIpc) is 2.52. The summed E-state index contributed by atoms with van der Waals surface area (Å²) >= 11 is 0. The van der Waals surface area contributed by atoms with E-state index in [4.69, 9.17) is 14.2 Å². The molecule has 18 heavy (non-hydrogen) atoms. The van der Waals surface area contributed by atoms with Gasteiger partial charge in [0, 0.05) is 11.3 Å². The zero-order valence-electron chi connectivity index (χ0n) is 11.1. The van der Waals surface area contributed by atoms with Crippen LogP contribution >= 0.6 is 0 Å². The van der Waals surface area contributed by atoms with E-state index in [2.05, 4.69) is 0 Å². The maximum Gasteiger partial charge on any atom is 0.336 e. The zero-order chi connectivity index (χ0) is 13.3. The molecule has 1 saturated carbocycles. The highest BCUT2D eigenvalue weighted by Gasteiger charge is 2.72. The third-order valence-corrected chi connectivity index (χ3v) is 4.47. The van der Waals surface area contributed by atoms with Gasteiger partial charge in [0.25, 0.3) is 0 Å². The maximum atomic E-state index is 11.7. The topological polar surface area (TPSA) is 61.8 Å². The summed E-state index contributed by atoms with van der Waals surface area (Å²) in [6.45, 7) is 8.22. The van der Waals surface area contributed by atoms with E-state index < -0.39 is 12.4 Å². The number of hydrogen-bond donors (Lipinski definition) is 0. The lowest BCUT2D eigenvalue weighted by atomic mass is 9.90. The van der Waals surface area contributed by atoms with Gasteiger partial charge in [-0.05, 0) is 5.41 Å². The molecule has 1 aliphatic carbocycles. The van der Waals surface area contributed by atoms with E-state index in [1.165, 1.54) is 0 Å². The van der Waals surface area contributed by atoms with Crippen molar-refractivity contribution < 1.29 is 23.8 Å². The Balaban J connectivity index is 1.75. The molecule has 0 N–H and O–H groups in total. The van der Waals surface area contributed by atoms with Crippen LogP contribution in [0.25, 0.3) is 0 Å². The van der Waals surface area contributed by atoms with E-state index in [0.717, 1.165) is 0 Å². The second kappa shape index (κ2) is 3.26. The summed E-state index contributed by atoms with van der Waals surface area (Å²) in [5, 5.41) is 0. The van der Waals surface area contributed by atoms with Gasteiger partial charge in [-0.1, -0.05) is 27.7 Å². The summed E-state index contributed by atoms with van der Waals surface area (Å²) in [7, 11) is 0. The smallest absolute Gasteiger partial charge is 0.336 e. The van der Waals surface area contributed by atoms with Crippen LogP contribution in [0.2, 0.25) is 0 Å². The normalized spacial score (nSPS) is 43.3. The Morgan fingerprint density at radius 3 is 2.28 bits per heavy atom. The predicted molar refractivity (Wildman–Crippen MR) is 60.3 cm³/mol. The largest absolute Gasteiger partial charge is 0.463 e. The molecule has 0 aromatic heterocycles. The van der Waals surface area contributed by atoms with Crippen molar-refractivity contribution >= 4 is 11.9 Å². The number of fused-ring (bicyclic) bond motifs is 1. The lowest BCUT2D eigenvalue weighted by molar-refractivity contribution is -0.198. The fourth-order valence-corrected chi connectivity index (χ4v) is 3.11. The highest BCUT2D eigenvalue weighted by atomic mass is 16.7. The van der Waals surface area contributed by atoms with Crippen LogP contribution in [0.3, 0.4) is 0 Å². The van der Waals surface area contributed by atoms with Gasteiger partial charge in [0.05, 0.1) is 12.5 Å². The molecule has 0 unspecified atom stereocenters. The molecule has 5 heteroatoms. The van der Waals surface area contributed by atoms with Crippen molar-refractivity contribution in [1.29, 1.82) is 0 Å². The second-order valence-corrected chi connectivity index (χ2v) is 6.74. The van der Waals surface area contributed by atoms with Gasteiger partial charge in [0.15, 0.2) is 6.10 Å². The quantitative estimate of drug-likeness (QED) is 0.691. The molecule has 3 aliphatic rings. The van der Waals surface area contributed by atoms with Gasteiger partial charge in [-0.15, -0.1) is 0 Å². The molecule has 2 heterocycles. The molecule has 0 radical (unpaired) electrons. The van der Waals surface area contributed by atoms with Gasteiger partial charge in [-0.2, -0.15) is 0 Å². The summed E-state index contributed by atoms with van der Waals surface area (Å²) in [6, 6.07) is 0. The number of hydrogen-bond acceptors (Lipinski definition) is 5. The number of cyclic esters (lactones) is 2. The molecule has 5 nitrogen and oxygen atoms in total. The number of carbonyl (C=O) groups excluding carboxylic acids is 2. The van der Waals surface area contributed by atoms with Crippen molar-refractivity contribution in [2.24, 2.45) is 22.7 Å². The lowest BCUT2D eigenvalue weighted by Gasteiger charge is -2.26. The Morgan fingerprint density at radius 1 is 1.17 bits per heavy atom. The van der Waals surface area contributed by atoms with Crippen molar-refractivity contribution in [3.8, 4) is 0 Å². The van der Waals surface area contributed by atoms with Crippen LogP contribution in [0.1, 0.15) is 27.7 Å². The summed E-state index contributed by atoms with van der Waals surface area (Å²) in [5.74, 6) is -0.589. The van der Waals surface area contributed by atoms with Gasteiger partial charge < -0.3 is 14.2 Å². The van der Waals surface area contributed by atoms with Crippen LogP contribution in [-0.2, 0) is 23.8 Å². The highest BCUT2D eigenvalue weighted by molar-refractivity contribution is 5.81. The maximum absolute atomic E-state index is 11.7. The van der Waals surface area contributed by atoms with Gasteiger partial charge in [0.2, 0.25) is 6.29 Å². The molecule has 2 aliphatic heterocycles. The van der Waals surface area contributed by atoms with Crippen molar-refractivity contribution in [3.63, 3.8) is 0 Å². The third kappa shape index (κ3) is 1.43.